The zero-order valence-electron chi connectivity index (χ0n) is 13.2. The molecule has 0 aliphatic carbocycles. The van der Waals surface area contributed by atoms with Gasteiger partial charge in [0.15, 0.2) is 0 Å². The van der Waals surface area contributed by atoms with Gasteiger partial charge in [-0.15, -0.1) is 0 Å². The Kier molecular flexibility index (Phi) is 5.11. The van der Waals surface area contributed by atoms with E-state index in [4.69, 9.17) is 9.47 Å². The number of hydrogen-bond acceptors (Lipinski definition) is 3. The number of ether oxygens (including phenoxy) is 2. The number of rotatable bonds is 7. The number of imidazole rings is 1. The van der Waals surface area contributed by atoms with E-state index in [1.54, 1.807) is 0 Å². The van der Waals surface area contributed by atoms with Gasteiger partial charge >= 0.3 is 0 Å². The third kappa shape index (κ3) is 3.50. The van der Waals surface area contributed by atoms with Crippen LogP contribution in [0.2, 0.25) is 0 Å². The minimum Gasteiger partial charge on any atom is -0.494 e. The van der Waals surface area contributed by atoms with E-state index in [1.165, 1.54) is 11.4 Å². The predicted octanol–water partition coefficient (Wildman–Crippen LogP) is 3.42. The summed E-state index contributed by atoms with van der Waals surface area (Å²) in [5.41, 5.74) is 1.29. The van der Waals surface area contributed by atoms with Gasteiger partial charge in [0.05, 0.1) is 13.2 Å². The molecule has 0 amide bonds. The first-order valence-electron chi connectivity index (χ1n) is 8.18. The third-order valence-corrected chi connectivity index (χ3v) is 4.16. The standard InChI is InChI=1S/C18H24N2O2/c1-2-22-17-8-4-3-6-15(17)7-5-11-20-12-10-19-18(20)16-9-13-21-14-16/h3-4,6,8,10,12,16H,2,5,7,9,11,13-14H2,1H3/t16-/m0/s1. The zero-order chi connectivity index (χ0) is 15.2. The van der Waals surface area contributed by atoms with E-state index >= 15 is 0 Å². The molecule has 118 valence electrons. The molecule has 22 heavy (non-hydrogen) atoms. The molecule has 1 aliphatic heterocycles. The molecular formula is C18H24N2O2. The van der Waals surface area contributed by atoms with Crippen molar-refractivity contribution >= 4 is 0 Å². The molecule has 1 saturated heterocycles. The summed E-state index contributed by atoms with van der Waals surface area (Å²) in [6.07, 6.45) is 7.18. The van der Waals surface area contributed by atoms with Crippen LogP contribution in [0, 0.1) is 0 Å². The van der Waals surface area contributed by atoms with Crippen molar-refractivity contribution in [3.05, 3.63) is 48.0 Å². The summed E-state index contributed by atoms with van der Waals surface area (Å²) in [6, 6.07) is 8.32. The maximum absolute atomic E-state index is 5.69. The van der Waals surface area contributed by atoms with Crippen LogP contribution in [-0.4, -0.2) is 29.4 Å². The first kappa shape index (κ1) is 15.1. The van der Waals surface area contributed by atoms with Gasteiger partial charge in [0.2, 0.25) is 0 Å². The van der Waals surface area contributed by atoms with E-state index in [-0.39, 0.29) is 0 Å². The van der Waals surface area contributed by atoms with Crippen LogP contribution in [0.25, 0.3) is 0 Å². The average molecular weight is 300 g/mol. The van der Waals surface area contributed by atoms with E-state index in [0.717, 1.165) is 44.8 Å². The quantitative estimate of drug-likeness (QED) is 0.786. The van der Waals surface area contributed by atoms with E-state index < -0.39 is 0 Å². The van der Waals surface area contributed by atoms with E-state index in [0.29, 0.717) is 12.5 Å². The van der Waals surface area contributed by atoms with Gasteiger partial charge in [-0.3, -0.25) is 0 Å². The lowest BCUT2D eigenvalue weighted by atomic mass is 10.1. The zero-order valence-corrected chi connectivity index (χ0v) is 13.2. The molecule has 0 saturated carbocycles. The van der Waals surface area contributed by atoms with Crippen LogP contribution in [0.15, 0.2) is 36.7 Å². The molecular weight excluding hydrogens is 276 g/mol. The van der Waals surface area contributed by atoms with E-state index in [9.17, 15) is 0 Å². The fraction of sp³-hybridized carbons (Fsp3) is 0.500. The second-order valence-corrected chi connectivity index (χ2v) is 5.68. The number of hydrogen-bond donors (Lipinski definition) is 0. The average Bonchev–Trinajstić information content (AvgIpc) is 3.20. The number of benzene rings is 1. The summed E-state index contributed by atoms with van der Waals surface area (Å²) in [5.74, 6) is 2.65. The highest BCUT2D eigenvalue weighted by Crippen LogP contribution is 2.24. The fourth-order valence-corrected chi connectivity index (χ4v) is 3.05. The third-order valence-electron chi connectivity index (χ3n) is 4.16. The molecule has 0 unspecified atom stereocenters. The lowest BCUT2D eigenvalue weighted by molar-refractivity contribution is 0.192. The lowest BCUT2D eigenvalue weighted by Gasteiger charge is -2.13. The van der Waals surface area contributed by atoms with Crippen molar-refractivity contribution in [1.82, 2.24) is 9.55 Å². The smallest absolute Gasteiger partial charge is 0.122 e. The Bertz CT molecular complexity index is 588. The Morgan fingerprint density at radius 2 is 2.27 bits per heavy atom. The summed E-state index contributed by atoms with van der Waals surface area (Å²) in [4.78, 5) is 4.53. The van der Waals surface area contributed by atoms with Crippen molar-refractivity contribution in [2.45, 2.75) is 38.6 Å². The van der Waals surface area contributed by atoms with Crippen LogP contribution in [0.5, 0.6) is 5.75 Å². The Morgan fingerprint density at radius 3 is 3.09 bits per heavy atom. The molecule has 1 fully saturated rings. The molecule has 0 radical (unpaired) electrons. The highest BCUT2D eigenvalue weighted by Gasteiger charge is 2.21. The SMILES string of the molecule is CCOc1ccccc1CCCn1ccnc1[C@H]1CCOC1. The monoisotopic (exact) mass is 300 g/mol. The maximum atomic E-state index is 5.69. The molecule has 0 N–H and O–H groups in total. The molecule has 0 bridgehead atoms. The van der Waals surface area contributed by atoms with Crippen molar-refractivity contribution in [2.75, 3.05) is 19.8 Å². The van der Waals surface area contributed by atoms with Crippen molar-refractivity contribution < 1.29 is 9.47 Å². The second-order valence-electron chi connectivity index (χ2n) is 5.68. The first-order valence-corrected chi connectivity index (χ1v) is 8.18. The number of aryl methyl sites for hydroxylation is 2. The van der Waals surface area contributed by atoms with Gasteiger partial charge in [0.25, 0.3) is 0 Å². The first-order chi connectivity index (χ1) is 10.9. The molecule has 4 nitrogen and oxygen atoms in total. The number of aromatic nitrogens is 2. The Labute approximate surface area is 132 Å². The molecule has 1 atom stereocenters. The summed E-state index contributed by atoms with van der Waals surface area (Å²) in [5, 5.41) is 0. The van der Waals surface area contributed by atoms with Gasteiger partial charge < -0.3 is 14.0 Å². The topological polar surface area (TPSA) is 36.3 Å². The second kappa shape index (κ2) is 7.45. The fourth-order valence-electron chi connectivity index (χ4n) is 3.05. The summed E-state index contributed by atoms with van der Waals surface area (Å²) in [7, 11) is 0. The Morgan fingerprint density at radius 1 is 1.36 bits per heavy atom. The minimum absolute atomic E-state index is 0.464. The summed E-state index contributed by atoms with van der Waals surface area (Å²) in [6.45, 7) is 5.40. The largest absolute Gasteiger partial charge is 0.494 e. The number of nitrogens with zero attached hydrogens (tertiary/aromatic N) is 2. The van der Waals surface area contributed by atoms with Crippen molar-refractivity contribution in [3.63, 3.8) is 0 Å². The van der Waals surface area contributed by atoms with Crippen LogP contribution in [0.1, 0.15) is 37.1 Å². The molecule has 4 heteroatoms. The normalized spacial score (nSPS) is 17.8. The summed E-state index contributed by atoms with van der Waals surface area (Å²) >= 11 is 0. The molecule has 1 aromatic carbocycles. The minimum atomic E-state index is 0.464. The van der Waals surface area contributed by atoms with Crippen molar-refractivity contribution in [2.24, 2.45) is 0 Å². The molecule has 1 aliphatic rings. The molecule has 2 aromatic rings. The highest BCUT2D eigenvalue weighted by molar-refractivity contribution is 5.33. The van der Waals surface area contributed by atoms with Gasteiger partial charge in [-0.05, 0) is 37.8 Å². The van der Waals surface area contributed by atoms with Crippen LogP contribution < -0.4 is 4.74 Å². The van der Waals surface area contributed by atoms with Gasteiger partial charge in [-0.25, -0.2) is 4.98 Å². The molecule has 0 spiro atoms. The van der Waals surface area contributed by atoms with Crippen molar-refractivity contribution in [3.8, 4) is 5.75 Å². The highest BCUT2D eigenvalue weighted by atomic mass is 16.5. The van der Waals surface area contributed by atoms with E-state index in [1.807, 2.05) is 19.2 Å². The van der Waals surface area contributed by atoms with Crippen molar-refractivity contribution in [1.29, 1.82) is 0 Å². The molecule has 2 heterocycles. The van der Waals surface area contributed by atoms with Gasteiger partial charge in [-0.2, -0.15) is 0 Å². The predicted molar refractivity (Wildman–Crippen MR) is 86.3 cm³/mol. The molecule has 3 rings (SSSR count). The van der Waals surface area contributed by atoms with Crippen LogP contribution >= 0.6 is 0 Å². The number of para-hydroxylation sites is 1. The van der Waals surface area contributed by atoms with Gasteiger partial charge in [0.1, 0.15) is 11.6 Å². The van der Waals surface area contributed by atoms with Gasteiger partial charge in [-0.1, -0.05) is 18.2 Å². The Hall–Kier alpha value is -1.81. The molecule has 1 aromatic heterocycles. The Balaban J connectivity index is 1.58. The van der Waals surface area contributed by atoms with Gasteiger partial charge in [0, 0.05) is 31.5 Å². The van der Waals surface area contributed by atoms with Crippen LogP contribution in [-0.2, 0) is 17.7 Å². The van der Waals surface area contributed by atoms with E-state index in [2.05, 4.69) is 33.9 Å². The maximum Gasteiger partial charge on any atom is 0.122 e. The van der Waals surface area contributed by atoms with Crippen LogP contribution in [0.4, 0.5) is 0 Å². The van der Waals surface area contributed by atoms with Crippen LogP contribution in [0.3, 0.4) is 0 Å². The lowest BCUT2D eigenvalue weighted by Crippen LogP contribution is -2.10. The summed E-state index contributed by atoms with van der Waals surface area (Å²) < 4.78 is 13.5.